The Balaban J connectivity index is 1.80. The minimum atomic E-state index is 0.647. The maximum absolute atomic E-state index is 5.92. The fourth-order valence-electron chi connectivity index (χ4n) is 2.88. The van der Waals surface area contributed by atoms with Gasteiger partial charge in [0.2, 0.25) is 0 Å². The fraction of sp³-hybridized carbons (Fsp3) is 0.625. The van der Waals surface area contributed by atoms with Gasteiger partial charge in [0, 0.05) is 21.7 Å². The highest BCUT2D eigenvalue weighted by molar-refractivity contribution is 7.99. The van der Waals surface area contributed by atoms with Crippen LogP contribution in [0.25, 0.3) is 0 Å². The van der Waals surface area contributed by atoms with Gasteiger partial charge in [0.15, 0.2) is 0 Å². The molecule has 1 unspecified atom stereocenters. The van der Waals surface area contributed by atoms with Crippen molar-refractivity contribution in [2.75, 3.05) is 12.3 Å². The number of benzene rings is 1. The van der Waals surface area contributed by atoms with Crippen molar-refractivity contribution in [3.05, 3.63) is 29.3 Å². The Kier molecular flexibility index (Phi) is 6.55. The van der Waals surface area contributed by atoms with E-state index >= 15 is 0 Å². The molecule has 1 N–H and O–H groups in total. The van der Waals surface area contributed by atoms with Crippen molar-refractivity contribution in [3.8, 4) is 0 Å². The first kappa shape index (κ1) is 15.2. The summed E-state index contributed by atoms with van der Waals surface area (Å²) < 4.78 is 0. The first-order valence-corrected chi connectivity index (χ1v) is 8.76. The third kappa shape index (κ3) is 5.37. The van der Waals surface area contributed by atoms with Crippen LogP contribution >= 0.6 is 23.4 Å². The lowest BCUT2D eigenvalue weighted by Crippen LogP contribution is -2.32. The van der Waals surface area contributed by atoms with E-state index in [-0.39, 0.29) is 0 Å². The topological polar surface area (TPSA) is 12.0 Å². The summed E-state index contributed by atoms with van der Waals surface area (Å²) in [5, 5.41) is 4.46. The lowest BCUT2D eigenvalue weighted by Gasteiger charge is -2.21. The number of thioether (sulfide) groups is 1. The third-order valence-electron chi connectivity index (χ3n) is 3.85. The molecule has 0 saturated heterocycles. The lowest BCUT2D eigenvalue weighted by atomic mass is 9.99. The summed E-state index contributed by atoms with van der Waals surface area (Å²) in [5.41, 5.74) is 0. The standard InChI is InChI=1S/C16H24ClNS/c1-2-18-15(11-13-5-3-4-6-13)12-19-16-9-7-14(17)8-10-16/h7-10,13,15,18H,2-6,11-12H2,1H3. The van der Waals surface area contributed by atoms with Crippen molar-refractivity contribution in [1.29, 1.82) is 0 Å². The molecular weight excluding hydrogens is 274 g/mol. The second-order valence-electron chi connectivity index (χ2n) is 5.41. The highest BCUT2D eigenvalue weighted by Gasteiger charge is 2.19. The van der Waals surface area contributed by atoms with Gasteiger partial charge in [-0.05, 0) is 43.1 Å². The van der Waals surface area contributed by atoms with Crippen LogP contribution in [0.4, 0.5) is 0 Å². The molecule has 1 aromatic carbocycles. The van der Waals surface area contributed by atoms with E-state index in [1.807, 2.05) is 23.9 Å². The van der Waals surface area contributed by atoms with Gasteiger partial charge in [0.1, 0.15) is 0 Å². The molecule has 0 amide bonds. The average Bonchev–Trinajstić information content (AvgIpc) is 2.91. The van der Waals surface area contributed by atoms with Gasteiger partial charge in [-0.1, -0.05) is 44.2 Å². The summed E-state index contributed by atoms with van der Waals surface area (Å²) in [6, 6.07) is 8.83. The zero-order chi connectivity index (χ0) is 13.5. The summed E-state index contributed by atoms with van der Waals surface area (Å²) in [4.78, 5) is 1.32. The van der Waals surface area contributed by atoms with E-state index in [9.17, 15) is 0 Å². The Bertz CT molecular complexity index is 360. The van der Waals surface area contributed by atoms with E-state index in [1.165, 1.54) is 37.0 Å². The molecule has 0 spiro atoms. The molecule has 0 heterocycles. The normalized spacial score (nSPS) is 17.8. The lowest BCUT2D eigenvalue weighted by molar-refractivity contribution is 0.415. The summed E-state index contributed by atoms with van der Waals surface area (Å²) in [7, 11) is 0. The number of rotatable bonds is 7. The zero-order valence-electron chi connectivity index (χ0n) is 11.7. The molecule has 0 radical (unpaired) electrons. The molecule has 0 bridgehead atoms. The Morgan fingerprint density at radius 1 is 1.26 bits per heavy atom. The largest absolute Gasteiger partial charge is 0.313 e. The van der Waals surface area contributed by atoms with Gasteiger partial charge in [-0.3, -0.25) is 0 Å². The molecule has 0 aromatic heterocycles. The Hall–Kier alpha value is -0.180. The van der Waals surface area contributed by atoms with E-state index in [0.717, 1.165) is 23.2 Å². The summed E-state index contributed by atoms with van der Waals surface area (Å²) in [5.74, 6) is 2.11. The minimum absolute atomic E-state index is 0.647. The van der Waals surface area contributed by atoms with E-state index in [2.05, 4.69) is 24.4 Å². The SMILES string of the molecule is CCNC(CSc1ccc(Cl)cc1)CC1CCCC1. The van der Waals surface area contributed by atoms with Crippen LogP contribution in [0.1, 0.15) is 39.0 Å². The molecular formula is C16H24ClNS. The van der Waals surface area contributed by atoms with Crippen LogP contribution in [-0.4, -0.2) is 18.3 Å². The number of halogens is 1. The van der Waals surface area contributed by atoms with Crippen molar-refractivity contribution in [1.82, 2.24) is 5.32 Å². The van der Waals surface area contributed by atoms with Crippen LogP contribution in [0, 0.1) is 5.92 Å². The van der Waals surface area contributed by atoms with Gasteiger partial charge in [-0.15, -0.1) is 11.8 Å². The minimum Gasteiger partial charge on any atom is -0.313 e. The van der Waals surface area contributed by atoms with Gasteiger partial charge in [0.25, 0.3) is 0 Å². The molecule has 2 rings (SSSR count). The average molecular weight is 298 g/mol. The molecule has 1 aromatic rings. The quantitative estimate of drug-likeness (QED) is 0.712. The van der Waals surface area contributed by atoms with Crippen molar-refractivity contribution < 1.29 is 0 Å². The Labute approximate surface area is 126 Å². The molecule has 19 heavy (non-hydrogen) atoms. The maximum Gasteiger partial charge on any atom is 0.0406 e. The van der Waals surface area contributed by atoms with Gasteiger partial charge < -0.3 is 5.32 Å². The smallest absolute Gasteiger partial charge is 0.0406 e. The van der Waals surface area contributed by atoms with E-state index in [1.54, 1.807) is 0 Å². The Morgan fingerprint density at radius 2 is 1.95 bits per heavy atom. The first-order chi connectivity index (χ1) is 9.28. The predicted octanol–water partition coefficient (Wildman–Crippen LogP) is 4.99. The van der Waals surface area contributed by atoms with Crippen LogP contribution < -0.4 is 5.32 Å². The van der Waals surface area contributed by atoms with Crippen molar-refractivity contribution in [3.63, 3.8) is 0 Å². The molecule has 1 atom stereocenters. The number of nitrogens with one attached hydrogen (secondary N) is 1. The second-order valence-corrected chi connectivity index (χ2v) is 6.94. The summed E-state index contributed by atoms with van der Waals surface area (Å²) in [6.07, 6.45) is 7.09. The number of hydrogen-bond donors (Lipinski definition) is 1. The monoisotopic (exact) mass is 297 g/mol. The first-order valence-electron chi connectivity index (χ1n) is 7.39. The molecule has 3 heteroatoms. The molecule has 1 aliphatic carbocycles. The predicted molar refractivity (Wildman–Crippen MR) is 86.2 cm³/mol. The molecule has 1 nitrogen and oxygen atoms in total. The summed E-state index contributed by atoms with van der Waals surface area (Å²) >= 11 is 7.86. The number of hydrogen-bond acceptors (Lipinski definition) is 2. The van der Waals surface area contributed by atoms with Crippen molar-refractivity contribution >= 4 is 23.4 Å². The second kappa shape index (κ2) is 8.18. The Morgan fingerprint density at radius 3 is 2.58 bits per heavy atom. The van der Waals surface area contributed by atoms with Crippen LogP contribution in [0.15, 0.2) is 29.2 Å². The van der Waals surface area contributed by atoms with E-state index in [4.69, 9.17) is 11.6 Å². The molecule has 106 valence electrons. The third-order valence-corrected chi connectivity index (χ3v) is 5.28. The molecule has 1 fully saturated rings. The van der Waals surface area contributed by atoms with E-state index < -0.39 is 0 Å². The van der Waals surface area contributed by atoms with Crippen molar-refractivity contribution in [2.24, 2.45) is 5.92 Å². The highest BCUT2D eigenvalue weighted by Crippen LogP contribution is 2.30. The van der Waals surface area contributed by atoms with E-state index in [0.29, 0.717) is 6.04 Å². The fourth-order valence-corrected chi connectivity index (χ4v) is 3.98. The molecule has 0 aliphatic heterocycles. The van der Waals surface area contributed by atoms with Crippen molar-refractivity contribution in [2.45, 2.75) is 50.0 Å². The van der Waals surface area contributed by atoms with Gasteiger partial charge in [0.05, 0.1) is 0 Å². The zero-order valence-corrected chi connectivity index (χ0v) is 13.3. The van der Waals surface area contributed by atoms with Gasteiger partial charge >= 0.3 is 0 Å². The van der Waals surface area contributed by atoms with Crippen LogP contribution in [0.5, 0.6) is 0 Å². The molecule has 1 aliphatic rings. The van der Waals surface area contributed by atoms with Crippen LogP contribution in [0.2, 0.25) is 5.02 Å². The maximum atomic E-state index is 5.92. The highest BCUT2D eigenvalue weighted by atomic mass is 35.5. The van der Waals surface area contributed by atoms with Gasteiger partial charge in [-0.2, -0.15) is 0 Å². The van der Waals surface area contributed by atoms with Crippen LogP contribution in [0.3, 0.4) is 0 Å². The van der Waals surface area contributed by atoms with Gasteiger partial charge in [-0.25, -0.2) is 0 Å². The summed E-state index contributed by atoms with van der Waals surface area (Å²) in [6.45, 7) is 3.27. The molecule has 1 saturated carbocycles. The van der Waals surface area contributed by atoms with Crippen LogP contribution in [-0.2, 0) is 0 Å².